The first-order valence-corrected chi connectivity index (χ1v) is 5.91. The minimum atomic E-state index is -0.564. The Morgan fingerprint density at radius 2 is 2.24 bits per heavy atom. The maximum atomic E-state index is 9.96. The SMILES string of the molecule is CCCOCC(O)c1ccc2ncccc2c1. The molecule has 1 heterocycles. The average Bonchev–Trinajstić information content (AvgIpc) is 2.38. The first kappa shape index (κ1) is 12.0. The Hall–Kier alpha value is -1.45. The first-order chi connectivity index (χ1) is 8.31. The number of ether oxygens (including phenoxy) is 1. The molecule has 2 aromatic rings. The standard InChI is InChI=1S/C14H17NO2/c1-2-8-17-10-14(16)12-5-6-13-11(9-12)4-3-7-15-13/h3-7,9,14,16H,2,8,10H2,1H3. The molecule has 1 aromatic carbocycles. The van der Waals surface area contributed by atoms with E-state index in [-0.39, 0.29) is 0 Å². The van der Waals surface area contributed by atoms with Crippen LogP contribution in [0, 0.1) is 0 Å². The third kappa shape index (κ3) is 3.02. The second-order valence-corrected chi connectivity index (χ2v) is 4.05. The van der Waals surface area contributed by atoms with E-state index in [2.05, 4.69) is 4.98 Å². The molecule has 0 aliphatic rings. The molecular formula is C14H17NO2. The lowest BCUT2D eigenvalue weighted by molar-refractivity contribution is 0.0364. The fraction of sp³-hybridized carbons (Fsp3) is 0.357. The molecule has 0 aliphatic heterocycles. The van der Waals surface area contributed by atoms with Gasteiger partial charge in [-0.25, -0.2) is 0 Å². The molecular weight excluding hydrogens is 214 g/mol. The van der Waals surface area contributed by atoms with Crippen molar-refractivity contribution in [3.63, 3.8) is 0 Å². The van der Waals surface area contributed by atoms with E-state index in [1.54, 1.807) is 6.20 Å². The number of nitrogens with zero attached hydrogens (tertiary/aromatic N) is 1. The number of aromatic nitrogens is 1. The summed E-state index contributed by atoms with van der Waals surface area (Å²) in [5, 5.41) is 11.0. The molecule has 0 saturated carbocycles. The van der Waals surface area contributed by atoms with Gasteiger partial charge in [0.2, 0.25) is 0 Å². The quantitative estimate of drug-likeness (QED) is 0.804. The van der Waals surface area contributed by atoms with Gasteiger partial charge in [0.05, 0.1) is 12.1 Å². The summed E-state index contributed by atoms with van der Waals surface area (Å²) >= 11 is 0. The molecule has 0 bridgehead atoms. The van der Waals surface area contributed by atoms with E-state index in [0.29, 0.717) is 13.2 Å². The van der Waals surface area contributed by atoms with Gasteiger partial charge >= 0.3 is 0 Å². The Balaban J connectivity index is 2.12. The molecule has 0 aliphatic carbocycles. The maximum absolute atomic E-state index is 9.96. The van der Waals surface area contributed by atoms with Gasteiger partial charge < -0.3 is 9.84 Å². The van der Waals surface area contributed by atoms with E-state index in [1.807, 2.05) is 37.3 Å². The van der Waals surface area contributed by atoms with Crippen LogP contribution in [-0.2, 0) is 4.74 Å². The number of benzene rings is 1. The number of fused-ring (bicyclic) bond motifs is 1. The summed E-state index contributed by atoms with van der Waals surface area (Å²) in [5.74, 6) is 0. The van der Waals surface area contributed by atoms with Crippen LogP contribution in [0.15, 0.2) is 36.5 Å². The van der Waals surface area contributed by atoms with Gasteiger partial charge in [-0.2, -0.15) is 0 Å². The lowest BCUT2D eigenvalue weighted by Gasteiger charge is -2.11. The molecule has 0 saturated heterocycles. The third-order valence-electron chi connectivity index (χ3n) is 2.64. The molecule has 0 amide bonds. The highest BCUT2D eigenvalue weighted by Crippen LogP contribution is 2.19. The Morgan fingerprint density at radius 3 is 3.06 bits per heavy atom. The number of aliphatic hydroxyl groups excluding tert-OH is 1. The summed E-state index contributed by atoms with van der Waals surface area (Å²) in [4.78, 5) is 4.24. The van der Waals surface area contributed by atoms with Crippen molar-refractivity contribution in [2.45, 2.75) is 19.4 Å². The van der Waals surface area contributed by atoms with Crippen molar-refractivity contribution < 1.29 is 9.84 Å². The minimum Gasteiger partial charge on any atom is -0.386 e. The van der Waals surface area contributed by atoms with Gasteiger partial charge in [0.15, 0.2) is 0 Å². The summed E-state index contributed by atoms with van der Waals surface area (Å²) in [6.45, 7) is 3.08. The van der Waals surface area contributed by atoms with Crippen molar-refractivity contribution in [1.29, 1.82) is 0 Å². The molecule has 1 unspecified atom stereocenters. The van der Waals surface area contributed by atoms with Crippen LogP contribution in [0.3, 0.4) is 0 Å². The highest BCUT2D eigenvalue weighted by Gasteiger charge is 2.08. The number of aliphatic hydroxyl groups is 1. The van der Waals surface area contributed by atoms with Crippen LogP contribution in [0.1, 0.15) is 25.0 Å². The fourth-order valence-electron chi connectivity index (χ4n) is 1.74. The zero-order chi connectivity index (χ0) is 12.1. The molecule has 90 valence electrons. The highest BCUT2D eigenvalue weighted by molar-refractivity contribution is 5.78. The molecule has 1 aromatic heterocycles. The molecule has 2 rings (SSSR count). The minimum absolute atomic E-state index is 0.347. The van der Waals surface area contributed by atoms with Crippen LogP contribution >= 0.6 is 0 Å². The Morgan fingerprint density at radius 1 is 1.35 bits per heavy atom. The van der Waals surface area contributed by atoms with Crippen molar-refractivity contribution in [2.24, 2.45) is 0 Å². The monoisotopic (exact) mass is 231 g/mol. The van der Waals surface area contributed by atoms with Crippen LogP contribution in [0.4, 0.5) is 0 Å². The van der Waals surface area contributed by atoms with E-state index >= 15 is 0 Å². The fourth-order valence-corrected chi connectivity index (χ4v) is 1.74. The van der Waals surface area contributed by atoms with Crippen molar-refractivity contribution in [3.8, 4) is 0 Å². The number of pyridine rings is 1. The Kier molecular flexibility index (Phi) is 4.07. The molecule has 1 atom stereocenters. The molecule has 1 N–H and O–H groups in total. The first-order valence-electron chi connectivity index (χ1n) is 5.91. The summed E-state index contributed by atoms with van der Waals surface area (Å²) < 4.78 is 5.35. The smallest absolute Gasteiger partial charge is 0.102 e. The van der Waals surface area contributed by atoms with E-state index in [9.17, 15) is 5.11 Å². The normalized spacial score (nSPS) is 12.8. The van der Waals surface area contributed by atoms with Gasteiger partial charge in [-0.15, -0.1) is 0 Å². The van der Waals surface area contributed by atoms with E-state index in [4.69, 9.17) is 4.74 Å². The molecule has 0 radical (unpaired) electrons. The van der Waals surface area contributed by atoms with Crippen molar-refractivity contribution in [3.05, 3.63) is 42.1 Å². The molecule has 0 fully saturated rings. The van der Waals surface area contributed by atoms with Crippen LogP contribution < -0.4 is 0 Å². The predicted octanol–water partition coefficient (Wildman–Crippen LogP) is 2.69. The number of hydrogen-bond acceptors (Lipinski definition) is 3. The zero-order valence-electron chi connectivity index (χ0n) is 9.97. The second kappa shape index (κ2) is 5.75. The zero-order valence-corrected chi connectivity index (χ0v) is 9.97. The van der Waals surface area contributed by atoms with Gasteiger partial charge in [0, 0.05) is 18.2 Å². The lowest BCUT2D eigenvalue weighted by Crippen LogP contribution is -2.07. The lowest BCUT2D eigenvalue weighted by atomic mass is 10.1. The topological polar surface area (TPSA) is 42.4 Å². The van der Waals surface area contributed by atoms with Gasteiger partial charge in [0.25, 0.3) is 0 Å². The summed E-state index contributed by atoms with van der Waals surface area (Å²) in [6.07, 6.45) is 2.17. The van der Waals surface area contributed by atoms with E-state index in [0.717, 1.165) is 22.9 Å². The molecule has 17 heavy (non-hydrogen) atoms. The van der Waals surface area contributed by atoms with Gasteiger partial charge in [-0.05, 0) is 30.2 Å². The van der Waals surface area contributed by atoms with Crippen LogP contribution in [-0.4, -0.2) is 23.3 Å². The summed E-state index contributed by atoms with van der Waals surface area (Å²) in [5.41, 5.74) is 1.82. The molecule has 3 heteroatoms. The molecule has 0 spiro atoms. The average molecular weight is 231 g/mol. The van der Waals surface area contributed by atoms with Crippen molar-refractivity contribution >= 4 is 10.9 Å². The largest absolute Gasteiger partial charge is 0.386 e. The molecule has 3 nitrogen and oxygen atoms in total. The van der Waals surface area contributed by atoms with Crippen molar-refractivity contribution in [2.75, 3.05) is 13.2 Å². The van der Waals surface area contributed by atoms with E-state index in [1.165, 1.54) is 0 Å². The Labute approximate surface area is 101 Å². The third-order valence-corrected chi connectivity index (χ3v) is 2.64. The van der Waals surface area contributed by atoms with Crippen LogP contribution in [0.2, 0.25) is 0 Å². The van der Waals surface area contributed by atoms with Crippen molar-refractivity contribution in [1.82, 2.24) is 4.98 Å². The Bertz CT molecular complexity index is 484. The maximum Gasteiger partial charge on any atom is 0.102 e. The second-order valence-electron chi connectivity index (χ2n) is 4.05. The van der Waals surface area contributed by atoms with Gasteiger partial charge in [0.1, 0.15) is 6.10 Å². The number of rotatable bonds is 5. The number of hydrogen-bond donors (Lipinski definition) is 1. The van der Waals surface area contributed by atoms with Crippen LogP contribution in [0.25, 0.3) is 10.9 Å². The highest BCUT2D eigenvalue weighted by atomic mass is 16.5. The van der Waals surface area contributed by atoms with Gasteiger partial charge in [-0.3, -0.25) is 4.98 Å². The van der Waals surface area contributed by atoms with E-state index < -0.39 is 6.10 Å². The predicted molar refractivity (Wildman–Crippen MR) is 67.8 cm³/mol. The summed E-state index contributed by atoms with van der Waals surface area (Å²) in [7, 11) is 0. The van der Waals surface area contributed by atoms with Crippen LogP contribution in [0.5, 0.6) is 0 Å². The van der Waals surface area contributed by atoms with Gasteiger partial charge in [-0.1, -0.05) is 19.1 Å². The summed E-state index contributed by atoms with van der Waals surface area (Å²) in [6, 6.07) is 9.67.